The lowest BCUT2D eigenvalue weighted by Crippen LogP contribution is -2.00. The molecular formula is C43H27N3O. The number of aromatic nitrogens is 3. The highest BCUT2D eigenvalue weighted by molar-refractivity contribution is 6.21. The lowest BCUT2D eigenvalue weighted by atomic mass is 9.97. The van der Waals surface area contributed by atoms with E-state index in [1.54, 1.807) is 0 Å². The van der Waals surface area contributed by atoms with Crippen molar-refractivity contribution >= 4 is 32.7 Å². The van der Waals surface area contributed by atoms with Crippen LogP contribution in [0.5, 0.6) is 0 Å². The van der Waals surface area contributed by atoms with Gasteiger partial charge in [-0.1, -0.05) is 146 Å². The van der Waals surface area contributed by atoms with Gasteiger partial charge in [-0.25, -0.2) is 15.0 Å². The number of hydrogen-bond donors (Lipinski definition) is 0. The van der Waals surface area contributed by atoms with Crippen LogP contribution in [0.1, 0.15) is 0 Å². The van der Waals surface area contributed by atoms with Gasteiger partial charge in [-0.3, -0.25) is 0 Å². The fourth-order valence-electron chi connectivity index (χ4n) is 6.38. The molecule has 2 heterocycles. The van der Waals surface area contributed by atoms with Crippen LogP contribution in [0.2, 0.25) is 0 Å². The molecule has 2 aromatic heterocycles. The third-order valence-electron chi connectivity index (χ3n) is 8.73. The molecule has 4 heteroatoms. The van der Waals surface area contributed by atoms with E-state index in [9.17, 15) is 0 Å². The minimum Gasteiger partial charge on any atom is -0.455 e. The van der Waals surface area contributed by atoms with Crippen molar-refractivity contribution in [1.82, 2.24) is 15.0 Å². The molecule has 9 rings (SSSR count). The topological polar surface area (TPSA) is 51.8 Å². The highest BCUT2D eigenvalue weighted by atomic mass is 16.3. The molecule has 0 amide bonds. The number of nitrogens with zero attached hydrogens (tertiary/aromatic N) is 3. The highest BCUT2D eigenvalue weighted by Gasteiger charge is 2.20. The first-order valence-corrected chi connectivity index (χ1v) is 15.7. The first kappa shape index (κ1) is 27.0. The summed E-state index contributed by atoms with van der Waals surface area (Å²) in [7, 11) is 0. The Morgan fingerprint density at radius 1 is 0.362 bits per heavy atom. The maximum absolute atomic E-state index is 6.63. The Hall–Kier alpha value is -6.39. The number of rotatable bonds is 5. The summed E-state index contributed by atoms with van der Waals surface area (Å²) >= 11 is 0. The predicted octanol–water partition coefficient (Wildman–Crippen LogP) is 11.3. The summed E-state index contributed by atoms with van der Waals surface area (Å²) in [5, 5.41) is 4.13. The summed E-state index contributed by atoms with van der Waals surface area (Å²) in [5.74, 6) is 1.84. The lowest BCUT2D eigenvalue weighted by molar-refractivity contribution is 0.673. The molecular weight excluding hydrogens is 574 g/mol. The Kier molecular flexibility index (Phi) is 6.43. The molecule has 9 aromatic rings. The standard InChI is InChI=1S/C43H27N3O/c1-4-12-28(13-5-1)30-20-22-32(23-21-30)42-44-41(31-16-8-3-9-17-31)45-43(46-42)37-27-34-18-10-11-19-35(34)40-39(37)36-26-33(24-25-38(36)47-40)29-14-6-2-7-15-29/h1-27H. The van der Waals surface area contributed by atoms with Gasteiger partial charge in [0.05, 0.1) is 0 Å². The Balaban J connectivity index is 1.30. The number of benzene rings is 7. The molecule has 0 aliphatic rings. The molecule has 0 aliphatic heterocycles. The van der Waals surface area contributed by atoms with Gasteiger partial charge in [0.1, 0.15) is 11.2 Å². The fraction of sp³-hybridized carbons (Fsp3) is 0. The van der Waals surface area contributed by atoms with Gasteiger partial charge in [-0.2, -0.15) is 0 Å². The summed E-state index contributed by atoms with van der Waals surface area (Å²) in [6.07, 6.45) is 0. The van der Waals surface area contributed by atoms with Gasteiger partial charge in [0.25, 0.3) is 0 Å². The van der Waals surface area contributed by atoms with Gasteiger partial charge in [0.2, 0.25) is 0 Å². The number of hydrogen-bond acceptors (Lipinski definition) is 4. The van der Waals surface area contributed by atoms with E-state index in [2.05, 4.69) is 121 Å². The van der Waals surface area contributed by atoms with Crippen LogP contribution in [0.15, 0.2) is 168 Å². The second-order valence-electron chi connectivity index (χ2n) is 11.6. The first-order chi connectivity index (χ1) is 23.3. The second kappa shape index (κ2) is 11.2. The molecule has 0 saturated carbocycles. The summed E-state index contributed by atoms with van der Waals surface area (Å²) in [4.78, 5) is 15.3. The van der Waals surface area contributed by atoms with Gasteiger partial charge in [-0.15, -0.1) is 0 Å². The first-order valence-electron chi connectivity index (χ1n) is 15.7. The number of fused-ring (bicyclic) bond motifs is 5. The zero-order valence-electron chi connectivity index (χ0n) is 25.3. The normalized spacial score (nSPS) is 11.4. The Bertz CT molecular complexity index is 2540. The molecule has 0 unspecified atom stereocenters. The summed E-state index contributed by atoms with van der Waals surface area (Å²) in [5.41, 5.74) is 9.00. The van der Waals surface area contributed by atoms with Crippen LogP contribution in [0.4, 0.5) is 0 Å². The van der Waals surface area contributed by atoms with Crippen LogP contribution in [0, 0.1) is 0 Å². The van der Waals surface area contributed by atoms with Crippen molar-refractivity contribution in [2.75, 3.05) is 0 Å². The van der Waals surface area contributed by atoms with Gasteiger partial charge in [-0.05, 0) is 45.8 Å². The van der Waals surface area contributed by atoms with E-state index in [4.69, 9.17) is 19.4 Å². The molecule has 47 heavy (non-hydrogen) atoms. The fourth-order valence-corrected chi connectivity index (χ4v) is 6.38. The van der Waals surface area contributed by atoms with E-state index in [0.717, 1.165) is 66.1 Å². The van der Waals surface area contributed by atoms with Crippen molar-refractivity contribution in [2.45, 2.75) is 0 Å². The van der Waals surface area contributed by atoms with Gasteiger partial charge in [0, 0.05) is 32.8 Å². The van der Waals surface area contributed by atoms with Crippen molar-refractivity contribution in [1.29, 1.82) is 0 Å². The van der Waals surface area contributed by atoms with Crippen molar-refractivity contribution in [3.63, 3.8) is 0 Å². The highest BCUT2D eigenvalue weighted by Crippen LogP contribution is 2.42. The molecule has 0 saturated heterocycles. The van der Waals surface area contributed by atoms with Crippen molar-refractivity contribution in [3.8, 4) is 56.4 Å². The van der Waals surface area contributed by atoms with Crippen LogP contribution in [-0.2, 0) is 0 Å². The van der Waals surface area contributed by atoms with Crippen LogP contribution in [-0.4, -0.2) is 15.0 Å². The molecule has 4 nitrogen and oxygen atoms in total. The van der Waals surface area contributed by atoms with Gasteiger partial charge >= 0.3 is 0 Å². The second-order valence-corrected chi connectivity index (χ2v) is 11.6. The van der Waals surface area contributed by atoms with E-state index in [-0.39, 0.29) is 0 Å². The van der Waals surface area contributed by atoms with E-state index in [1.807, 2.05) is 42.5 Å². The summed E-state index contributed by atoms with van der Waals surface area (Å²) in [6.45, 7) is 0. The molecule has 0 spiro atoms. The SMILES string of the molecule is c1ccc(-c2ccc(-c3nc(-c4ccccc4)nc(-c4cc5ccccc5c5oc6ccc(-c7ccccc7)cc6c45)n3)cc2)cc1. The Labute approximate surface area is 271 Å². The van der Waals surface area contributed by atoms with Crippen molar-refractivity contribution < 1.29 is 4.42 Å². The molecule has 0 N–H and O–H groups in total. The zero-order valence-corrected chi connectivity index (χ0v) is 25.3. The van der Waals surface area contributed by atoms with Crippen LogP contribution >= 0.6 is 0 Å². The summed E-state index contributed by atoms with van der Waals surface area (Å²) in [6, 6.07) is 56.3. The largest absolute Gasteiger partial charge is 0.455 e. The quantitative estimate of drug-likeness (QED) is 0.197. The lowest BCUT2D eigenvalue weighted by Gasteiger charge is -2.11. The van der Waals surface area contributed by atoms with E-state index < -0.39 is 0 Å². The zero-order chi connectivity index (χ0) is 31.2. The Morgan fingerprint density at radius 3 is 1.53 bits per heavy atom. The Morgan fingerprint density at radius 2 is 0.851 bits per heavy atom. The van der Waals surface area contributed by atoms with Gasteiger partial charge < -0.3 is 4.42 Å². The minimum absolute atomic E-state index is 0.601. The molecule has 0 atom stereocenters. The molecule has 0 radical (unpaired) electrons. The number of furan rings is 1. The molecule has 7 aromatic carbocycles. The maximum atomic E-state index is 6.63. The third kappa shape index (κ3) is 4.84. The van der Waals surface area contributed by atoms with Gasteiger partial charge in [0.15, 0.2) is 17.5 Å². The smallest absolute Gasteiger partial charge is 0.164 e. The van der Waals surface area contributed by atoms with Crippen molar-refractivity contribution in [3.05, 3.63) is 164 Å². The predicted molar refractivity (Wildman–Crippen MR) is 192 cm³/mol. The average Bonchev–Trinajstić information content (AvgIpc) is 3.55. The molecule has 0 fully saturated rings. The van der Waals surface area contributed by atoms with E-state index >= 15 is 0 Å². The van der Waals surface area contributed by atoms with Crippen molar-refractivity contribution in [2.24, 2.45) is 0 Å². The summed E-state index contributed by atoms with van der Waals surface area (Å²) < 4.78 is 6.63. The minimum atomic E-state index is 0.601. The van der Waals surface area contributed by atoms with E-state index in [1.165, 1.54) is 5.56 Å². The molecule has 0 bridgehead atoms. The van der Waals surface area contributed by atoms with Crippen LogP contribution in [0.25, 0.3) is 89.1 Å². The maximum Gasteiger partial charge on any atom is 0.164 e. The average molecular weight is 602 g/mol. The van der Waals surface area contributed by atoms with Crippen LogP contribution < -0.4 is 0 Å². The molecule has 220 valence electrons. The van der Waals surface area contributed by atoms with E-state index in [0.29, 0.717) is 17.5 Å². The monoisotopic (exact) mass is 601 g/mol. The third-order valence-corrected chi connectivity index (χ3v) is 8.73. The van der Waals surface area contributed by atoms with Crippen LogP contribution in [0.3, 0.4) is 0 Å². The molecule has 0 aliphatic carbocycles.